The Balaban J connectivity index is 1.77. The molecule has 2 rings (SSSR count). The van der Waals surface area contributed by atoms with Gasteiger partial charge < -0.3 is 9.84 Å². The minimum Gasteiger partial charge on any atom is -0.492 e. The van der Waals surface area contributed by atoms with Gasteiger partial charge in [0.2, 0.25) is 0 Å². The quantitative estimate of drug-likeness (QED) is 0.830. The van der Waals surface area contributed by atoms with Crippen molar-refractivity contribution in [3.63, 3.8) is 0 Å². The fourth-order valence-electron chi connectivity index (χ4n) is 3.08. The van der Waals surface area contributed by atoms with E-state index in [1.165, 1.54) is 0 Å². The average Bonchev–Trinajstić information content (AvgIpc) is 2.56. The van der Waals surface area contributed by atoms with Crippen LogP contribution in [0.3, 0.4) is 0 Å². The number of hydrogen-bond donors (Lipinski definition) is 1. The summed E-state index contributed by atoms with van der Waals surface area (Å²) in [5.74, 6) is 0.754. The largest absolute Gasteiger partial charge is 0.492 e. The lowest BCUT2D eigenvalue weighted by Crippen LogP contribution is -2.55. The minimum atomic E-state index is -0.272. The first-order valence-electron chi connectivity index (χ1n) is 8.39. The molecule has 1 saturated heterocycles. The van der Waals surface area contributed by atoms with Crippen molar-refractivity contribution < 1.29 is 9.84 Å². The van der Waals surface area contributed by atoms with Crippen molar-refractivity contribution in [2.75, 3.05) is 39.3 Å². The summed E-state index contributed by atoms with van der Waals surface area (Å²) in [5.41, 5.74) is 0.625. The van der Waals surface area contributed by atoms with Crippen LogP contribution in [-0.4, -0.2) is 66.4 Å². The van der Waals surface area contributed by atoms with Crippen molar-refractivity contribution in [2.24, 2.45) is 0 Å². The number of rotatable bonds is 7. The second-order valence-electron chi connectivity index (χ2n) is 6.19. The number of aliphatic hydroxyl groups is 1. The number of benzene rings is 1. The fraction of sp³-hybridized carbons (Fsp3) is 0.611. The molecule has 1 fully saturated rings. The van der Waals surface area contributed by atoms with Crippen molar-refractivity contribution in [1.29, 1.82) is 5.26 Å². The van der Waals surface area contributed by atoms with Gasteiger partial charge in [-0.25, -0.2) is 0 Å². The molecule has 1 heterocycles. The van der Waals surface area contributed by atoms with Gasteiger partial charge in [0.15, 0.2) is 0 Å². The second-order valence-corrected chi connectivity index (χ2v) is 6.19. The van der Waals surface area contributed by atoms with Gasteiger partial charge in [-0.3, -0.25) is 9.80 Å². The molecule has 0 spiro atoms. The summed E-state index contributed by atoms with van der Waals surface area (Å²) in [4.78, 5) is 4.80. The first kappa shape index (κ1) is 17.7. The highest BCUT2D eigenvalue weighted by Crippen LogP contribution is 2.15. The van der Waals surface area contributed by atoms with E-state index in [0.29, 0.717) is 18.2 Å². The summed E-state index contributed by atoms with van der Waals surface area (Å²) >= 11 is 0. The summed E-state index contributed by atoms with van der Waals surface area (Å²) in [6.45, 7) is 9.33. The minimum absolute atomic E-state index is 0.272. The van der Waals surface area contributed by atoms with Gasteiger partial charge in [-0.1, -0.05) is 13.0 Å². The smallest absolute Gasteiger partial charge is 0.120 e. The maximum Gasteiger partial charge on any atom is 0.120 e. The fourth-order valence-corrected chi connectivity index (χ4v) is 3.08. The molecule has 1 aromatic carbocycles. The summed E-state index contributed by atoms with van der Waals surface area (Å²) in [5, 5.41) is 18.5. The SMILES string of the molecule is CC[C@H]1CN(CCOc2cccc(C#N)c2)CCN1C[C@H](C)O. The Hall–Kier alpha value is -1.61. The van der Waals surface area contributed by atoms with Crippen LogP contribution in [-0.2, 0) is 0 Å². The molecule has 0 unspecified atom stereocenters. The molecule has 0 bridgehead atoms. The molecule has 5 heteroatoms. The van der Waals surface area contributed by atoms with Gasteiger partial charge in [0.25, 0.3) is 0 Å². The summed E-state index contributed by atoms with van der Waals surface area (Å²) in [7, 11) is 0. The molecule has 0 aromatic heterocycles. The average molecular weight is 317 g/mol. The van der Waals surface area contributed by atoms with Gasteiger partial charge in [0.05, 0.1) is 17.7 Å². The monoisotopic (exact) mass is 317 g/mol. The van der Waals surface area contributed by atoms with E-state index < -0.39 is 0 Å². The van der Waals surface area contributed by atoms with E-state index in [-0.39, 0.29) is 6.10 Å². The van der Waals surface area contributed by atoms with Crippen LogP contribution in [0.2, 0.25) is 0 Å². The van der Waals surface area contributed by atoms with Gasteiger partial charge in [0, 0.05) is 38.8 Å². The molecule has 1 N–H and O–H groups in total. The van der Waals surface area contributed by atoms with Crippen molar-refractivity contribution in [2.45, 2.75) is 32.4 Å². The number of ether oxygens (including phenoxy) is 1. The number of nitriles is 1. The number of aliphatic hydroxyl groups excluding tert-OH is 1. The predicted molar refractivity (Wildman–Crippen MR) is 90.4 cm³/mol. The van der Waals surface area contributed by atoms with Crippen LogP contribution in [0.25, 0.3) is 0 Å². The summed E-state index contributed by atoms with van der Waals surface area (Å²) < 4.78 is 5.77. The van der Waals surface area contributed by atoms with Crippen molar-refractivity contribution in [3.8, 4) is 11.8 Å². The molecular weight excluding hydrogens is 290 g/mol. The van der Waals surface area contributed by atoms with Crippen LogP contribution >= 0.6 is 0 Å². The Bertz CT molecular complexity index is 527. The second kappa shape index (κ2) is 8.88. The van der Waals surface area contributed by atoms with Crippen molar-refractivity contribution in [3.05, 3.63) is 29.8 Å². The molecule has 0 amide bonds. The summed E-state index contributed by atoms with van der Waals surface area (Å²) in [6, 6.07) is 9.90. The Labute approximate surface area is 139 Å². The lowest BCUT2D eigenvalue weighted by atomic mass is 10.1. The van der Waals surface area contributed by atoms with Crippen LogP contribution in [0.15, 0.2) is 24.3 Å². The van der Waals surface area contributed by atoms with E-state index in [1.807, 2.05) is 19.1 Å². The normalized spacial score (nSPS) is 20.9. The Kier molecular flexibility index (Phi) is 6.85. The molecule has 5 nitrogen and oxygen atoms in total. The van der Waals surface area contributed by atoms with Gasteiger partial charge >= 0.3 is 0 Å². The lowest BCUT2D eigenvalue weighted by molar-refractivity contribution is 0.0322. The predicted octanol–water partition coefficient (Wildman–Crippen LogP) is 1.71. The maximum atomic E-state index is 9.60. The lowest BCUT2D eigenvalue weighted by Gasteiger charge is -2.41. The highest BCUT2D eigenvalue weighted by molar-refractivity contribution is 5.36. The Morgan fingerprint density at radius 2 is 2.26 bits per heavy atom. The van der Waals surface area contributed by atoms with E-state index in [4.69, 9.17) is 10.00 Å². The molecule has 2 atom stereocenters. The highest BCUT2D eigenvalue weighted by atomic mass is 16.5. The molecule has 126 valence electrons. The van der Waals surface area contributed by atoms with Crippen LogP contribution < -0.4 is 4.74 Å². The number of hydrogen-bond acceptors (Lipinski definition) is 5. The molecule has 0 aliphatic carbocycles. The first-order valence-corrected chi connectivity index (χ1v) is 8.39. The van der Waals surface area contributed by atoms with Crippen LogP contribution in [0.5, 0.6) is 5.75 Å². The number of nitrogens with zero attached hydrogens (tertiary/aromatic N) is 3. The van der Waals surface area contributed by atoms with Gasteiger partial charge in [-0.15, -0.1) is 0 Å². The van der Waals surface area contributed by atoms with Crippen molar-refractivity contribution in [1.82, 2.24) is 9.80 Å². The van der Waals surface area contributed by atoms with E-state index in [9.17, 15) is 5.11 Å². The zero-order valence-corrected chi connectivity index (χ0v) is 14.1. The van der Waals surface area contributed by atoms with Gasteiger partial charge in [-0.05, 0) is 31.5 Å². The van der Waals surface area contributed by atoms with E-state index in [1.54, 1.807) is 12.1 Å². The standard InChI is InChI=1S/C18H27N3O2/c1-3-17-14-20(7-8-21(17)13-15(2)22)9-10-23-18-6-4-5-16(11-18)12-19/h4-6,11,15,17,22H,3,7-10,13-14H2,1-2H3/t15-,17-/m0/s1. The molecule has 1 aliphatic heterocycles. The molecule has 1 aromatic rings. The third-order valence-electron chi connectivity index (χ3n) is 4.30. The van der Waals surface area contributed by atoms with Crippen LogP contribution in [0.4, 0.5) is 0 Å². The summed E-state index contributed by atoms with van der Waals surface area (Å²) in [6.07, 6.45) is 0.820. The molecule has 1 aliphatic rings. The molecular formula is C18H27N3O2. The Morgan fingerprint density at radius 1 is 1.43 bits per heavy atom. The molecule has 0 radical (unpaired) electrons. The van der Waals surface area contributed by atoms with Gasteiger partial charge in [-0.2, -0.15) is 5.26 Å². The zero-order chi connectivity index (χ0) is 16.7. The third kappa shape index (κ3) is 5.51. The van der Waals surface area contributed by atoms with E-state index in [2.05, 4.69) is 22.8 Å². The topological polar surface area (TPSA) is 59.7 Å². The highest BCUT2D eigenvalue weighted by Gasteiger charge is 2.26. The third-order valence-corrected chi connectivity index (χ3v) is 4.30. The molecule has 23 heavy (non-hydrogen) atoms. The van der Waals surface area contributed by atoms with E-state index in [0.717, 1.165) is 44.9 Å². The first-order chi connectivity index (χ1) is 11.1. The Morgan fingerprint density at radius 3 is 2.96 bits per heavy atom. The van der Waals surface area contributed by atoms with E-state index >= 15 is 0 Å². The zero-order valence-electron chi connectivity index (χ0n) is 14.1. The molecule has 0 saturated carbocycles. The van der Waals surface area contributed by atoms with Crippen LogP contribution in [0, 0.1) is 11.3 Å². The van der Waals surface area contributed by atoms with Crippen LogP contribution in [0.1, 0.15) is 25.8 Å². The van der Waals surface area contributed by atoms with Crippen molar-refractivity contribution >= 4 is 0 Å². The van der Waals surface area contributed by atoms with Gasteiger partial charge in [0.1, 0.15) is 12.4 Å². The number of piperazine rings is 1. The maximum absolute atomic E-state index is 9.60. The number of β-amino-alcohol motifs (C(OH)–C–C–N with tert-alkyl or cyclic N) is 1.